The van der Waals surface area contributed by atoms with Crippen LogP contribution in [0.4, 0.5) is 8.78 Å². The van der Waals surface area contributed by atoms with Crippen LogP contribution in [-0.2, 0) is 0 Å². The molecule has 0 spiro atoms. The normalized spacial score (nSPS) is 12.3. The number of halogens is 2. The molecule has 0 radical (unpaired) electrons. The molecule has 0 atom stereocenters. The fourth-order valence-electron chi connectivity index (χ4n) is 1.34. The van der Waals surface area contributed by atoms with E-state index in [1.54, 1.807) is 24.3 Å². The summed E-state index contributed by atoms with van der Waals surface area (Å²) in [4.78, 5) is 17.8. The fourth-order valence-corrected chi connectivity index (χ4v) is 1.34. The molecule has 17 heavy (non-hydrogen) atoms. The van der Waals surface area contributed by atoms with Crippen molar-refractivity contribution < 1.29 is 13.9 Å². The molecular formula is C11H8F2N2O2. The van der Waals surface area contributed by atoms with Gasteiger partial charge in [0.25, 0.3) is 12.0 Å². The first-order valence-corrected chi connectivity index (χ1v) is 4.75. The van der Waals surface area contributed by atoms with Crippen LogP contribution in [0.1, 0.15) is 5.69 Å². The first-order valence-electron chi connectivity index (χ1n) is 4.75. The van der Waals surface area contributed by atoms with Crippen molar-refractivity contribution in [3.05, 3.63) is 46.1 Å². The van der Waals surface area contributed by atoms with Crippen molar-refractivity contribution in [3.8, 4) is 0 Å². The minimum Gasteiger partial charge on any atom is -0.506 e. The van der Waals surface area contributed by atoms with Crippen LogP contribution in [0.5, 0.6) is 0 Å². The molecule has 1 aromatic heterocycles. The first-order chi connectivity index (χ1) is 8.08. The van der Waals surface area contributed by atoms with Crippen LogP contribution in [0.3, 0.4) is 0 Å². The predicted molar refractivity (Wildman–Crippen MR) is 59.0 cm³/mol. The second-order valence-corrected chi connectivity index (χ2v) is 3.34. The van der Waals surface area contributed by atoms with Gasteiger partial charge in [-0.2, -0.15) is 0 Å². The van der Waals surface area contributed by atoms with Gasteiger partial charge in [0.05, 0.1) is 11.0 Å². The zero-order valence-corrected chi connectivity index (χ0v) is 8.52. The van der Waals surface area contributed by atoms with Gasteiger partial charge in [0.2, 0.25) is 0 Å². The van der Waals surface area contributed by atoms with E-state index >= 15 is 0 Å². The Morgan fingerprint density at radius 3 is 2.82 bits per heavy atom. The average Bonchev–Trinajstić information content (AvgIpc) is 2.29. The number of benzene rings is 1. The summed E-state index contributed by atoms with van der Waals surface area (Å²) in [5, 5.41) is 8.89. The molecule has 0 bridgehead atoms. The van der Waals surface area contributed by atoms with E-state index in [1.807, 2.05) is 0 Å². The van der Waals surface area contributed by atoms with E-state index < -0.39 is 17.7 Å². The smallest absolute Gasteiger partial charge is 0.294 e. The third-order valence-corrected chi connectivity index (χ3v) is 2.13. The summed E-state index contributed by atoms with van der Waals surface area (Å²) in [7, 11) is 0. The quantitative estimate of drug-likeness (QED) is 0.787. The van der Waals surface area contributed by atoms with Gasteiger partial charge in [-0.05, 0) is 12.1 Å². The lowest BCUT2D eigenvalue weighted by Gasteiger charge is -2.00. The molecule has 2 aromatic rings. The molecule has 2 N–H and O–H groups in total. The largest absolute Gasteiger partial charge is 0.506 e. The van der Waals surface area contributed by atoms with Crippen LogP contribution < -0.4 is 5.56 Å². The number of nitrogens with zero attached hydrogens (tertiary/aromatic N) is 1. The van der Waals surface area contributed by atoms with E-state index in [1.165, 1.54) is 0 Å². The van der Waals surface area contributed by atoms with Crippen molar-refractivity contribution in [2.75, 3.05) is 0 Å². The van der Waals surface area contributed by atoms with Gasteiger partial charge in [-0.3, -0.25) is 4.79 Å². The maximum Gasteiger partial charge on any atom is 0.294 e. The van der Waals surface area contributed by atoms with Crippen molar-refractivity contribution in [1.82, 2.24) is 9.97 Å². The Kier molecular flexibility index (Phi) is 2.86. The average molecular weight is 238 g/mol. The highest BCUT2D eigenvalue weighted by atomic mass is 19.3. The van der Waals surface area contributed by atoms with Crippen LogP contribution in [-0.4, -0.2) is 21.5 Å². The highest BCUT2D eigenvalue weighted by molar-refractivity contribution is 5.74. The van der Waals surface area contributed by atoms with E-state index in [-0.39, 0.29) is 5.69 Å². The Hall–Kier alpha value is -2.24. The Morgan fingerprint density at radius 2 is 2.12 bits per heavy atom. The number of fused-ring (bicyclic) bond motifs is 1. The highest BCUT2D eigenvalue weighted by Crippen LogP contribution is 2.10. The van der Waals surface area contributed by atoms with Gasteiger partial charge in [-0.15, -0.1) is 0 Å². The molecule has 0 saturated heterocycles. The van der Waals surface area contributed by atoms with Crippen molar-refractivity contribution in [1.29, 1.82) is 0 Å². The lowest BCUT2D eigenvalue weighted by atomic mass is 10.3. The lowest BCUT2D eigenvalue weighted by Crippen LogP contribution is -2.12. The summed E-state index contributed by atoms with van der Waals surface area (Å²) >= 11 is 0. The van der Waals surface area contributed by atoms with Gasteiger partial charge in [0, 0.05) is 6.08 Å². The highest BCUT2D eigenvalue weighted by Gasteiger charge is 2.11. The van der Waals surface area contributed by atoms with Crippen LogP contribution in [0.2, 0.25) is 0 Å². The summed E-state index contributed by atoms with van der Waals surface area (Å²) in [5.41, 5.74) is 0.0870. The topological polar surface area (TPSA) is 66.0 Å². The lowest BCUT2D eigenvalue weighted by molar-refractivity contribution is 0.132. The van der Waals surface area contributed by atoms with E-state index in [4.69, 9.17) is 5.11 Å². The third-order valence-electron chi connectivity index (χ3n) is 2.13. The van der Waals surface area contributed by atoms with Gasteiger partial charge in [0.1, 0.15) is 5.69 Å². The standard InChI is InChI=1S/C11H8F2N2O2/c12-10(13)9(16)5-8-11(17)15-7-4-2-1-3-6(7)14-8/h1-5,10,16H,(H,15,17). The first kappa shape index (κ1) is 11.3. The Labute approximate surface area is 94.2 Å². The molecule has 2 rings (SSSR count). The number of aliphatic hydroxyl groups excluding tert-OH is 1. The number of nitrogens with one attached hydrogen (secondary N) is 1. The number of H-pyrrole nitrogens is 1. The van der Waals surface area contributed by atoms with Crippen LogP contribution in [0.25, 0.3) is 17.1 Å². The van der Waals surface area contributed by atoms with Gasteiger partial charge in [0.15, 0.2) is 5.76 Å². The van der Waals surface area contributed by atoms with Crippen LogP contribution in [0.15, 0.2) is 34.8 Å². The summed E-state index contributed by atoms with van der Waals surface area (Å²) in [5.74, 6) is -1.18. The molecule has 4 nitrogen and oxygen atoms in total. The van der Waals surface area contributed by atoms with Crippen molar-refractivity contribution >= 4 is 17.1 Å². The van der Waals surface area contributed by atoms with Crippen LogP contribution >= 0.6 is 0 Å². The summed E-state index contributed by atoms with van der Waals surface area (Å²) in [6, 6.07) is 6.69. The van der Waals surface area contributed by atoms with Crippen LogP contribution in [0, 0.1) is 0 Å². The van der Waals surface area contributed by atoms with E-state index in [2.05, 4.69) is 9.97 Å². The van der Waals surface area contributed by atoms with E-state index in [0.29, 0.717) is 17.1 Å². The number of hydrogen-bond acceptors (Lipinski definition) is 3. The second kappa shape index (κ2) is 4.32. The zero-order chi connectivity index (χ0) is 12.4. The Morgan fingerprint density at radius 1 is 1.41 bits per heavy atom. The number of aromatic amines is 1. The predicted octanol–water partition coefficient (Wildman–Crippen LogP) is 2.09. The monoisotopic (exact) mass is 238 g/mol. The second-order valence-electron chi connectivity index (χ2n) is 3.34. The molecule has 0 aliphatic rings. The summed E-state index contributed by atoms with van der Waals surface area (Å²) in [6.45, 7) is 0. The molecule has 6 heteroatoms. The molecule has 0 fully saturated rings. The Bertz CT molecular complexity index is 635. The van der Waals surface area contributed by atoms with Gasteiger partial charge < -0.3 is 10.1 Å². The Balaban J connectivity index is 2.59. The molecule has 0 aliphatic carbocycles. The number of hydrogen-bond donors (Lipinski definition) is 2. The zero-order valence-electron chi connectivity index (χ0n) is 8.52. The minimum absolute atomic E-state index is 0.249. The number of allylic oxidation sites excluding steroid dienone is 1. The van der Waals surface area contributed by atoms with E-state index in [9.17, 15) is 13.6 Å². The molecule has 0 amide bonds. The maximum atomic E-state index is 12.1. The summed E-state index contributed by atoms with van der Waals surface area (Å²) in [6.07, 6.45) is -2.36. The number of rotatable bonds is 2. The molecule has 0 unspecified atom stereocenters. The minimum atomic E-state index is -3.03. The molecule has 88 valence electrons. The summed E-state index contributed by atoms with van der Waals surface area (Å²) < 4.78 is 24.2. The van der Waals surface area contributed by atoms with Crippen molar-refractivity contribution in [2.45, 2.75) is 6.43 Å². The number of para-hydroxylation sites is 2. The number of aromatic nitrogens is 2. The molecule has 1 aromatic carbocycles. The van der Waals surface area contributed by atoms with Gasteiger partial charge in [-0.1, -0.05) is 12.1 Å². The van der Waals surface area contributed by atoms with Gasteiger partial charge in [-0.25, -0.2) is 13.8 Å². The number of aliphatic hydroxyl groups is 1. The number of alkyl halides is 2. The molecule has 0 aliphatic heterocycles. The van der Waals surface area contributed by atoms with Crippen molar-refractivity contribution in [2.24, 2.45) is 0 Å². The molecular weight excluding hydrogens is 230 g/mol. The maximum absolute atomic E-state index is 12.1. The third kappa shape index (κ3) is 2.30. The van der Waals surface area contributed by atoms with Crippen molar-refractivity contribution in [3.63, 3.8) is 0 Å². The fraction of sp³-hybridized carbons (Fsp3) is 0.0909. The molecule has 1 heterocycles. The van der Waals surface area contributed by atoms with E-state index in [0.717, 1.165) is 0 Å². The molecule has 0 saturated carbocycles. The SMILES string of the molecule is O=c1[nH]c2ccccc2nc1C=C(O)C(F)F. The van der Waals surface area contributed by atoms with Gasteiger partial charge >= 0.3 is 0 Å².